The van der Waals surface area contributed by atoms with Crippen LogP contribution in [0.25, 0.3) is 11.0 Å². The van der Waals surface area contributed by atoms with Gasteiger partial charge in [0.25, 0.3) is 0 Å². The van der Waals surface area contributed by atoms with E-state index in [1.807, 2.05) is 48.5 Å². The molecule has 4 aromatic rings. The van der Waals surface area contributed by atoms with Crippen LogP contribution in [0.5, 0.6) is 11.5 Å². The van der Waals surface area contributed by atoms with Crippen molar-refractivity contribution in [1.29, 1.82) is 0 Å². The Labute approximate surface area is 177 Å². The van der Waals surface area contributed by atoms with E-state index in [4.69, 9.17) is 9.47 Å². The zero-order valence-corrected chi connectivity index (χ0v) is 17.0. The maximum absolute atomic E-state index is 12.1. The van der Waals surface area contributed by atoms with Gasteiger partial charge in [-0.05, 0) is 72.6 Å². The molecule has 1 aromatic heterocycles. The van der Waals surface area contributed by atoms with Crippen LogP contribution < -0.4 is 19.5 Å². The second-order valence-corrected chi connectivity index (χ2v) is 7.23. The van der Waals surface area contributed by atoms with Crippen molar-refractivity contribution >= 4 is 34.7 Å². The van der Waals surface area contributed by atoms with Crippen molar-refractivity contribution in [3.05, 3.63) is 78.6 Å². The van der Waals surface area contributed by atoms with Gasteiger partial charge in [-0.15, -0.1) is 0 Å². The van der Waals surface area contributed by atoms with Gasteiger partial charge in [0, 0.05) is 10.6 Å². The number of H-pyrrole nitrogens is 1. The Balaban J connectivity index is 1.25. The molecule has 0 aliphatic carbocycles. The van der Waals surface area contributed by atoms with Crippen molar-refractivity contribution in [2.24, 2.45) is 0 Å². The molecular formula is C22H20N4O3S. The number of para-hydroxylation sites is 2. The van der Waals surface area contributed by atoms with E-state index in [0.29, 0.717) is 18.0 Å². The molecule has 8 heteroatoms. The van der Waals surface area contributed by atoms with E-state index in [-0.39, 0.29) is 6.03 Å². The molecule has 0 unspecified atom stereocenters. The van der Waals surface area contributed by atoms with Gasteiger partial charge in [0.2, 0.25) is 0 Å². The van der Waals surface area contributed by atoms with E-state index in [0.717, 1.165) is 27.5 Å². The van der Waals surface area contributed by atoms with Gasteiger partial charge in [-0.3, -0.25) is 4.72 Å². The van der Waals surface area contributed by atoms with Crippen LogP contribution in [0.2, 0.25) is 0 Å². The predicted octanol–water partition coefficient (Wildman–Crippen LogP) is 4.98. The summed E-state index contributed by atoms with van der Waals surface area (Å²) in [5, 5.41) is 2.78. The molecule has 152 valence electrons. The number of anilines is 1. The fourth-order valence-corrected chi connectivity index (χ4v) is 3.30. The molecule has 0 spiro atoms. The van der Waals surface area contributed by atoms with Gasteiger partial charge in [0.1, 0.15) is 23.9 Å². The van der Waals surface area contributed by atoms with Crippen molar-refractivity contribution in [3.63, 3.8) is 0 Å². The van der Waals surface area contributed by atoms with Crippen molar-refractivity contribution in [1.82, 2.24) is 14.7 Å². The van der Waals surface area contributed by atoms with Gasteiger partial charge in [0.15, 0.2) is 0 Å². The van der Waals surface area contributed by atoms with Crippen molar-refractivity contribution in [2.45, 2.75) is 11.5 Å². The number of hydrogen-bond acceptors (Lipinski definition) is 5. The van der Waals surface area contributed by atoms with E-state index in [1.165, 1.54) is 11.9 Å². The monoisotopic (exact) mass is 420 g/mol. The largest absolute Gasteiger partial charge is 0.497 e. The zero-order valence-electron chi connectivity index (χ0n) is 16.2. The van der Waals surface area contributed by atoms with Crippen LogP contribution in [0.15, 0.2) is 77.7 Å². The lowest BCUT2D eigenvalue weighted by Crippen LogP contribution is -2.22. The highest BCUT2D eigenvalue weighted by Crippen LogP contribution is 2.20. The Morgan fingerprint density at radius 3 is 2.47 bits per heavy atom. The van der Waals surface area contributed by atoms with Crippen LogP contribution >= 0.6 is 11.9 Å². The number of fused-ring (bicyclic) bond motifs is 1. The number of methoxy groups -OCH3 is 1. The molecule has 0 aliphatic heterocycles. The second-order valence-electron chi connectivity index (χ2n) is 6.35. The fraction of sp³-hybridized carbons (Fsp3) is 0.0909. The lowest BCUT2D eigenvalue weighted by Gasteiger charge is -2.09. The molecule has 0 bridgehead atoms. The van der Waals surface area contributed by atoms with E-state index < -0.39 is 0 Å². The minimum atomic E-state index is -0.313. The van der Waals surface area contributed by atoms with Gasteiger partial charge in [-0.2, -0.15) is 0 Å². The summed E-state index contributed by atoms with van der Waals surface area (Å²) in [7, 11) is 1.61. The Hall–Kier alpha value is -3.65. The Bertz CT molecular complexity index is 1090. The smallest absolute Gasteiger partial charge is 0.329 e. The number of urea groups is 1. The number of ether oxygens (including phenoxy) is 2. The summed E-state index contributed by atoms with van der Waals surface area (Å²) >= 11 is 1.22. The van der Waals surface area contributed by atoms with Gasteiger partial charge in [-0.25, -0.2) is 9.78 Å². The molecule has 3 aromatic carbocycles. The molecule has 4 rings (SSSR count). The van der Waals surface area contributed by atoms with Crippen LogP contribution in [-0.4, -0.2) is 23.1 Å². The lowest BCUT2D eigenvalue weighted by molar-refractivity contribution is 0.257. The number of nitrogens with zero attached hydrogens (tertiary/aromatic N) is 1. The molecule has 1 heterocycles. The van der Waals surface area contributed by atoms with Crippen LogP contribution in [0.1, 0.15) is 5.82 Å². The summed E-state index contributed by atoms with van der Waals surface area (Å²) < 4.78 is 13.6. The first-order valence-electron chi connectivity index (χ1n) is 9.24. The average molecular weight is 420 g/mol. The predicted molar refractivity (Wildman–Crippen MR) is 118 cm³/mol. The molecule has 0 radical (unpaired) electrons. The first-order valence-corrected chi connectivity index (χ1v) is 10.1. The first-order chi connectivity index (χ1) is 14.7. The molecule has 2 amide bonds. The van der Waals surface area contributed by atoms with Crippen LogP contribution in [0, 0.1) is 0 Å². The van der Waals surface area contributed by atoms with E-state index in [2.05, 4.69) is 20.0 Å². The topological polar surface area (TPSA) is 88.3 Å². The summed E-state index contributed by atoms with van der Waals surface area (Å²) in [4.78, 5) is 20.7. The fourth-order valence-electron chi connectivity index (χ4n) is 2.77. The lowest BCUT2D eigenvalue weighted by atomic mass is 10.3. The molecule has 0 atom stereocenters. The van der Waals surface area contributed by atoms with E-state index >= 15 is 0 Å². The number of amides is 2. The third kappa shape index (κ3) is 5.03. The molecule has 0 aliphatic rings. The van der Waals surface area contributed by atoms with Crippen LogP contribution in [-0.2, 0) is 6.61 Å². The Morgan fingerprint density at radius 2 is 1.73 bits per heavy atom. The SMILES string of the molecule is COc1ccc(SNC(=O)Nc2ccc(OCc3nc4ccccc4[nH]3)cc2)cc1. The normalized spacial score (nSPS) is 10.6. The third-order valence-electron chi connectivity index (χ3n) is 4.25. The van der Waals surface area contributed by atoms with Gasteiger partial charge in [-0.1, -0.05) is 12.1 Å². The standard InChI is InChI=1S/C22H20N4O3S/c1-28-16-10-12-18(13-11-16)30-26-22(27)23-15-6-8-17(9-7-15)29-14-21-24-19-4-2-3-5-20(19)25-21/h2-13H,14H2,1H3,(H,24,25)(H2,23,26,27). The maximum Gasteiger partial charge on any atom is 0.329 e. The minimum Gasteiger partial charge on any atom is -0.497 e. The molecule has 7 nitrogen and oxygen atoms in total. The third-order valence-corrected chi connectivity index (χ3v) is 5.04. The minimum absolute atomic E-state index is 0.313. The highest BCUT2D eigenvalue weighted by molar-refractivity contribution is 7.98. The van der Waals surface area contributed by atoms with Crippen molar-refractivity contribution < 1.29 is 14.3 Å². The van der Waals surface area contributed by atoms with Gasteiger partial charge in [0.05, 0.1) is 18.1 Å². The summed E-state index contributed by atoms with van der Waals surface area (Å²) in [5.41, 5.74) is 2.56. The van der Waals surface area contributed by atoms with Gasteiger partial charge >= 0.3 is 6.03 Å². The van der Waals surface area contributed by atoms with Crippen molar-refractivity contribution in [2.75, 3.05) is 12.4 Å². The van der Waals surface area contributed by atoms with E-state index in [1.54, 1.807) is 31.4 Å². The number of aromatic amines is 1. The number of rotatable bonds is 7. The van der Waals surface area contributed by atoms with Crippen molar-refractivity contribution in [3.8, 4) is 11.5 Å². The maximum atomic E-state index is 12.1. The second kappa shape index (κ2) is 9.23. The summed E-state index contributed by atoms with van der Waals surface area (Å²) in [6.07, 6.45) is 0. The molecule has 0 saturated heterocycles. The number of nitrogens with one attached hydrogen (secondary N) is 3. The summed E-state index contributed by atoms with van der Waals surface area (Å²) in [6.45, 7) is 0.334. The highest BCUT2D eigenvalue weighted by Gasteiger charge is 2.05. The first kappa shape index (κ1) is 19.7. The Kier molecular flexibility index (Phi) is 6.05. The number of imidazole rings is 1. The number of carbonyl (C=O) groups is 1. The van der Waals surface area contributed by atoms with Crippen LogP contribution in [0.3, 0.4) is 0 Å². The van der Waals surface area contributed by atoms with Crippen LogP contribution in [0.4, 0.5) is 10.5 Å². The zero-order chi connectivity index (χ0) is 20.8. The molecule has 3 N–H and O–H groups in total. The highest BCUT2D eigenvalue weighted by atomic mass is 32.2. The average Bonchev–Trinajstić information content (AvgIpc) is 3.21. The van der Waals surface area contributed by atoms with E-state index in [9.17, 15) is 4.79 Å². The van der Waals surface area contributed by atoms with Gasteiger partial charge < -0.3 is 19.8 Å². The quantitative estimate of drug-likeness (QED) is 0.367. The number of aromatic nitrogens is 2. The summed E-state index contributed by atoms with van der Waals surface area (Å²) in [5.74, 6) is 2.22. The Morgan fingerprint density at radius 1 is 1.00 bits per heavy atom. The number of benzene rings is 3. The number of carbonyl (C=O) groups excluding carboxylic acids is 1. The molecular weight excluding hydrogens is 400 g/mol. The summed E-state index contributed by atoms with van der Waals surface area (Å²) in [6, 6.07) is 22.1. The number of hydrogen-bond donors (Lipinski definition) is 3. The molecule has 30 heavy (non-hydrogen) atoms. The molecule has 0 saturated carbocycles. The molecule has 0 fully saturated rings.